The predicted octanol–water partition coefficient (Wildman–Crippen LogP) is 2.50. The molecule has 2 N–H and O–H groups in total. The van der Waals surface area contributed by atoms with Crippen molar-refractivity contribution in [1.82, 2.24) is 10.3 Å². The van der Waals surface area contributed by atoms with Gasteiger partial charge in [-0.25, -0.2) is 9.79 Å². The number of aliphatic imine (C=N–C) groups is 1. The number of rotatable bonds is 6. The number of nitrogens with zero attached hydrogens (tertiary/aromatic N) is 3. The van der Waals surface area contributed by atoms with Crippen molar-refractivity contribution in [3.63, 3.8) is 0 Å². The van der Waals surface area contributed by atoms with Crippen molar-refractivity contribution in [2.24, 2.45) is 4.99 Å². The molecule has 1 saturated heterocycles. The van der Waals surface area contributed by atoms with E-state index in [1.54, 1.807) is 26.3 Å². The Hall–Kier alpha value is -2.45. The van der Waals surface area contributed by atoms with Gasteiger partial charge in [-0.2, -0.15) is 0 Å². The zero-order chi connectivity index (χ0) is 21.1. The van der Waals surface area contributed by atoms with Crippen LogP contribution < -0.4 is 10.2 Å². The molecule has 2 aliphatic rings. The molecule has 3 rings (SSSR count). The number of piperidine rings is 1. The monoisotopic (exact) mass is 420 g/mol. The Bertz CT molecular complexity index is 883. The lowest BCUT2D eigenvalue weighted by Gasteiger charge is -2.39. The lowest BCUT2D eigenvalue weighted by molar-refractivity contribution is -0.116. The summed E-state index contributed by atoms with van der Waals surface area (Å²) in [6, 6.07) is 1.46. The molecule has 0 aromatic carbocycles. The summed E-state index contributed by atoms with van der Waals surface area (Å²) in [4.78, 5) is 34.4. The summed E-state index contributed by atoms with van der Waals surface area (Å²) in [6.45, 7) is 4.81. The van der Waals surface area contributed by atoms with E-state index < -0.39 is 5.97 Å². The molecule has 29 heavy (non-hydrogen) atoms. The van der Waals surface area contributed by atoms with Gasteiger partial charge in [0.05, 0.1) is 35.3 Å². The first-order valence-corrected chi connectivity index (χ1v) is 9.95. The third-order valence-electron chi connectivity index (χ3n) is 5.44. The summed E-state index contributed by atoms with van der Waals surface area (Å²) >= 11 is 6.08. The van der Waals surface area contributed by atoms with Crippen LogP contribution in [-0.2, 0) is 9.53 Å². The maximum absolute atomic E-state index is 12.6. The van der Waals surface area contributed by atoms with Crippen molar-refractivity contribution in [2.75, 3.05) is 25.1 Å². The molecule has 3 heterocycles. The number of pyridine rings is 1. The van der Waals surface area contributed by atoms with E-state index in [1.165, 1.54) is 0 Å². The van der Waals surface area contributed by atoms with Gasteiger partial charge in [0.1, 0.15) is 10.9 Å². The number of aromatic nitrogens is 1. The van der Waals surface area contributed by atoms with E-state index in [4.69, 9.17) is 16.3 Å². The van der Waals surface area contributed by atoms with E-state index in [9.17, 15) is 14.7 Å². The molecule has 2 atom stereocenters. The lowest BCUT2D eigenvalue weighted by atomic mass is 10.00. The average molecular weight is 421 g/mol. The van der Waals surface area contributed by atoms with Crippen molar-refractivity contribution < 1.29 is 19.4 Å². The first-order chi connectivity index (χ1) is 13.8. The van der Waals surface area contributed by atoms with Crippen LogP contribution in [0.25, 0.3) is 0 Å². The van der Waals surface area contributed by atoms with Gasteiger partial charge in [0.2, 0.25) is 0 Å². The number of aryl methyl sites for hydroxylation is 1. The molecule has 0 bridgehead atoms. The quantitative estimate of drug-likeness (QED) is 0.685. The van der Waals surface area contributed by atoms with Crippen molar-refractivity contribution in [3.05, 3.63) is 34.2 Å². The highest BCUT2D eigenvalue weighted by Crippen LogP contribution is 2.26. The second kappa shape index (κ2) is 8.92. The summed E-state index contributed by atoms with van der Waals surface area (Å²) in [5.74, 6) is -1.23. The molecule has 1 fully saturated rings. The second-order valence-electron chi connectivity index (χ2n) is 7.20. The Morgan fingerprint density at radius 1 is 1.45 bits per heavy atom. The fourth-order valence-electron chi connectivity index (χ4n) is 3.63. The molecule has 2 aliphatic heterocycles. The number of anilines is 1. The number of carboxylic acids is 1. The summed E-state index contributed by atoms with van der Waals surface area (Å²) in [7, 11) is 1.60. The smallest absolute Gasteiger partial charge is 0.337 e. The van der Waals surface area contributed by atoms with Gasteiger partial charge < -0.3 is 20.1 Å². The van der Waals surface area contributed by atoms with Crippen LogP contribution in [0.15, 0.2) is 28.0 Å². The maximum Gasteiger partial charge on any atom is 0.337 e. The Balaban J connectivity index is 1.66. The topological polar surface area (TPSA) is 104 Å². The van der Waals surface area contributed by atoms with Crippen LogP contribution in [-0.4, -0.2) is 60.0 Å². The molecule has 8 nitrogen and oxygen atoms in total. The molecule has 1 aromatic rings. The predicted molar refractivity (Wildman–Crippen MR) is 111 cm³/mol. The molecular weight excluding hydrogens is 396 g/mol. The third kappa shape index (κ3) is 4.59. The van der Waals surface area contributed by atoms with Crippen LogP contribution in [0.1, 0.15) is 42.2 Å². The van der Waals surface area contributed by atoms with E-state index in [0.717, 1.165) is 17.7 Å². The van der Waals surface area contributed by atoms with Gasteiger partial charge in [-0.05, 0) is 31.4 Å². The zero-order valence-corrected chi connectivity index (χ0v) is 17.5. The van der Waals surface area contributed by atoms with Gasteiger partial charge in [-0.15, -0.1) is 0 Å². The van der Waals surface area contributed by atoms with Crippen molar-refractivity contribution in [1.29, 1.82) is 0 Å². The molecule has 9 heteroatoms. The number of nitrogens with one attached hydrogen (secondary N) is 1. The fourth-order valence-corrected chi connectivity index (χ4v) is 3.93. The standard InChI is InChI=1S/C20H25ClN4O4/c1-4-12-7-16(23-18(12)21)19(26)24-15-5-6-25(10-17(15)29-3)13-8-14(20(27)28)11(2)22-9-13/h8-9,15,17H,4-7,10H2,1-3H3,(H,24,26)(H,27,28)/t15-,17+/m1/s1. The minimum atomic E-state index is -1.00. The average Bonchev–Trinajstić information content (AvgIpc) is 3.09. The second-order valence-corrected chi connectivity index (χ2v) is 7.56. The number of ether oxygens (including phenoxy) is 1. The van der Waals surface area contributed by atoms with Crippen molar-refractivity contribution in [3.8, 4) is 0 Å². The number of carboxylic acid groups (broad SMARTS) is 1. The van der Waals surface area contributed by atoms with Crippen LogP contribution in [0.2, 0.25) is 0 Å². The minimum absolute atomic E-state index is 0.173. The van der Waals surface area contributed by atoms with Gasteiger partial charge in [0, 0.05) is 26.6 Å². The number of carbonyl (C=O) groups excluding carboxylic acids is 1. The number of hydrogen-bond donors (Lipinski definition) is 2. The Morgan fingerprint density at radius 2 is 2.21 bits per heavy atom. The van der Waals surface area contributed by atoms with Crippen LogP contribution in [0.4, 0.5) is 5.69 Å². The van der Waals surface area contributed by atoms with E-state index >= 15 is 0 Å². The molecular formula is C20H25ClN4O4. The largest absolute Gasteiger partial charge is 0.478 e. The molecule has 1 amide bonds. The van der Waals surface area contributed by atoms with Gasteiger partial charge in [-0.3, -0.25) is 9.78 Å². The first-order valence-electron chi connectivity index (χ1n) is 9.57. The van der Waals surface area contributed by atoms with Crippen LogP contribution >= 0.6 is 11.6 Å². The SMILES string of the molecule is CCC1=C(Cl)N=C(C(=O)N[C@@H]2CCN(c3cnc(C)c(C(=O)O)c3)C[C@@H]2OC)C1. The lowest BCUT2D eigenvalue weighted by Crippen LogP contribution is -2.56. The minimum Gasteiger partial charge on any atom is -0.478 e. The number of halogens is 1. The molecule has 156 valence electrons. The summed E-state index contributed by atoms with van der Waals surface area (Å²) in [5, 5.41) is 12.8. The molecule has 0 unspecified atom stereocenters. The van der Waals surface area contributed by atoms with Crippen molar-refractivity contribution in [2.45, 2.75) is 45.3 Å². The third-order valence-corrected chi connectivity index (χ3v) is 5.79. The van der Waals surface area contributed by atoms with Crippen LogP contribution in [0.5, 0.6) is 0 Å². The van der Waals surface area contributed by atoms with Gasteiger partial charge in [0.15, 0.2) is 0 Å². The summed E-state index contributed by atoms with van der Waals surface area (Å²) in [5.41, 5.74) is 2.78. The number of aromatic carboxylic acids is 1. The van der Waals surface area contributed by atoms with Gasteiger partial charge in [-0.1, -0.05) is 18.5 Å². The van der Waals surface area contributed by atoms with Gasteiger partial charge >= 0.3 is 5.97 Å². The number of amides is 1. The van der Waals surface area contributed by atoms with Crippen LogP contribution in [0, 0.1) is 6.92 Å². The Kier molecular flexibility index (Phi) is 6.54. The maximum atomic E-state index is 12.6. The number of allylic oxidation sites excluding steroid dienone is 1. The van der Waals surface area contributed by atoms with Crippen molar-refractivity contribution >= 4 is 34.9 Å². The highest BCUT2D eigenvalue weighted by atomic mass is 35.5. The Labute approximate surface area is 174 Å². The number of carbonyl (C=O) groups is 2. The van der Waals surface area contributed by atoms with Gasteiger partial charge in [0.25, 0.3) is 5.91 Å². The highest BCUT2D eigenvalue weighted by molar-refractivity contribution is 6.43. The fraction of sp³-hybridized carbons (Fsp3) is 0.500. The number of hydrogen-bond acceptors (Lipinski definition) is 6. The Morgan fingerprint density at radius 3 is 2.83 bits per heavy atom. The first kappa shape index (κ1) is 21.3. The van der Waals surface area contributed by atoms with E-state index in [-0.39, 0.29) is 23.6 Å². The molecule has 0 aliphatic carbocycles. The van der Waals surface area contributed by atoms with E-state index in [1.807, 2.05) is 11.8 Å². The molecule has 0 saturated carbocycles. The summed E-state index contributed by atoms with van der Waals surface area (Å²) in [6.07, 6.45) is 3.31. The highest BCUT2D eigenvalue weighted by Gasteiger charge is 2.33. The molecule has 0 spiro atoms. The number of methoxy groups -OCH3 is 1. The summed E-state index contributed by atoms with van der Waals surface area (Å²) < 4.78 is 5.61. The van der Waals surface area contributed by atoms with E-state index in [2.05, 4.69) is 15.3 Å². The van der Waals surface area contributed by atoms with Crippen LogP contribution in [0.3, 0.4) is 0 Å². The molecule has 0 radical (unpaired) electrons. The zero-order valence-electron chi connectivity index (χ0n) is 16.7. The van der Waals surface area contributed by atoms with E-state index in [0.29, 0.717) is 42.5 Å². The molecule has 1 aromatic heterocycles. The normalized spacial score (nSPS) is 21.9.